The summed E-state index contributed by atoms with van der Waals surface area (Å²) in [5.74, 6) is 0.361. The molecule has 28 heavy (non-hydrogen) atoms. The van der Waals surface area contributed by atoms with Crippen molar-refractivity contribution >= 4 is 27.5 Å². The van der Waals surface area contributed by atoms with Gasteiger partial charge in [0, 0.05) is 17.0 Å². The lowest BCUT2D eigenvalue weighted by molar-refractivity contribution is -0.121. The summed E-state index contributed by atoms with van der Waals surface area (Å²) in [5, 5.41) is 5.66. The number of benzene rings is 1. The zero-order valence-corrected chi connectivity index (χ0v) is 17.1. The number of aromatic amines is 1. The lowest BCUT2D eigenvalue weighted by Gasteiger charge is -2.22. The molecule has 4 rings (SSSR count). The van der Waals surface area contributed by atoms with Crippen LogP contribution in [0.1, 0.15) is 49.1 Å². The SMILES string of the molecule is Cc1ccc(-c2csc3nc(CC(=O)NC4CCCCC4)[nH]c(=O)c23)cc1C. The van der Waals surface area contributed by atoms with Crippen LogP contribution >= 0.6 is 11.3 Å². The summed E-state index contributed by atoms with van der Waals surface area (Å²) in [4.78, 5) is 33.2. The highest BCUT2D eigenvalue weighted by Crippen LogP contribution is 2.31. The lowest BCUT2D eigenvalue weighted by atomic mass is 9.95. The molecule has 1 fully saturated rings. The number of fused-ring (bicyclic) bond motifs is 1. The summed E-state index contributed by atoms with van der Waals surface area (Å²) in [7, 11) is 0. The van der Waals surface area contributed by atoms with Gasteiger partial charge in [-0.15, -0.1) is 11.3 Å². The Kier molecular flexibility index (Phi) is 5.31. The molecule has 0 bridgehead atoms. The maximum Gasteiger partial charge on any atom is 0.260 e. The predicted molar refractivity (Wildman–Crippen MR) is 114 cm³/mol. The monoisotopic (exact) mass is 395 g/mol. The van der Waals surface area contributed by atoms with Gasteiger partial charge in [-0.2, -0.15) is 0 Å². The second-order valence-electron chi connectivity index (χ2n) is 7.72. The first-order valence-corrected chi connectivity index (χ1v) is 10.8. The quantitative estimate of drug-likeness (QED) is 0.693. The normalized spacial score (nSPS) is 15.1. The van der Waals surface area contributed by atoms with Crippen molar-refractivity contribution in [3.05, 3.63) is 50.9 Å². The minimum Gasteiger partial charge on any atom is -0.353 e. The van der Waals surface area contributed by atoms with E-state index in [0.717, 1.165) is 24.0 Å². The summed E-state index contributed by atoms with van der Waals surface area (Å²) in [6.45, 7) is 4.14. The van der Waals surface area contributed by atoms with Gasteiger partial charge in [0.2, 0.25) is 5.91 Å². The van der Waals surface area contributed by atoms with Crippen LogP contribution < -0.4 is 10.9 Å². The van der Waals surface area contributed by atoms with Crippen LogP contribution in [-0.4, -0.2) is 21.9 Å². The number of H-pyrrole nitrogens is 1. The predicted octanol–water partition coefficient (Wildman–Crippen LogP) is 4.26. The molecule has 2 N–H and O–H groups in total. The van der Waals surface area contributed by atoms with Crippen molar-refractivity contribution < 1.29 is 4.79 Å². The van der Waals surface area contributed by atoms with Gasteiger partial charge in [-0.25, -0.2) is 4.98 Å². The number of thiophene rings is 1. The molecule has 0 aliphatic heterocycles. The number of nitrogens with one attached hydrogen (secondary N) is 2. The molecule has 3 aromatic rings. The number of hydrogen-bond acceptors (Lipinski definition) is 4. The minimum absolute atomic E-state index is 0.0691. The number of amides is 1. The number of aromatic nitrogens is 2. The largest absolute Gasteiger partial charge is 0.353 e. The van der Waals surface area contributed by atoms with E-state index in [1.807, 2.05) is 11.4 Å². The molecular formula is C22H25N3O2S. The summed E-state index contributed by atoms with van der Waals surface area (Å²) < 4.78 is 0. The van der Waals surface area contributed by atoms with Crippen LogP contribution in [0.4, 0.5) is 0 Å². The molecule has 0 spiro atoms. The highest BCUT2D eigenvalue weighted by molar-refractivity contribution is 7.17. The average molecular weight is 396 g/mol. The molecule has 5 nitrogen and oxygen atoms in total. The second-order valence-corrected chi connectivity index (χ2v) is 8.58. The Bertz CT molecular complexity index is 1080. The first-order valence-electron chi connectivity index (χ1n) is 9.88. The average Bonchev–Trinajstić information content (AvgIpc) is 3.09. The smallest absolute Gasteiger partial charge is 0.260 e. The van der Waals surface area contributed by atoms with Crippen molar-refractivity contribution in [3.8, 4) is 11.1 Å². The zero-order valence-electron chi connectivity index (χ0n) is 16.3. The van der Waals surface area contributed by atoms with Crippen LogP contribution in [0.2, 0.25) is 0 Å². The molecule has 146 valence electrons. The first kappa shape index (κ1) is 18.9. The van der Waals surface area contributed by atoms with Gasteiger partial charge in [-0.1, -0.05) is 37.5 Å². The van der Waals surface area contributed by atoms with Gasteiger partial charge in [-0.05, 0) is 43.4 Å². The Morgan fingerprint density at radius 3 is 2.75 bits per heavy atom. The van der Waals surface area contributed by atoms with Crippen LogP contribution in [0.15, 0.2) is 28.4 Å². The van der Waals surface area contributed by atoms with Crippen LogP contribution in [0, 0.1) is 13.8 Å². The van der Waals surface area contributed by atoms with Crippen LogP contribution in [0.5, 0.6) is 0 Å². The molecular weight excluding hydrogens is 370 g/mol. The van der Waals surface area contributed by atoms with E-state index in [2.05, 4.69) is 41.3 Å². The van der Waals surface area contributed by atoms with E-state index in [1.165, 1.54) is 41.7 Å². The molecule has 1 amide bonds. The van der Waals surface area contributed by atoms with E-state index in [9.17, 15) is 9.59 Å². The van der Waals surface area contributed by atoms with E-state index in [-0.39, 0.29) is 23.9 Å². The Morgan fingerprint density at radius 2 is 2.00 bits per heavy atom. The van der Waals surface area contributed by atoms with Crippen molar-refractivity contribution in [3.63, 3.8) is 0 Å². The van der Waals surface area contributed by atoms with Gasteiger partial charge < -0.3 is 10.3 Å². The summed E-state index contributed by atoms with van der Waals surface area (Å²) in [6.07, 6.45) is 5.78. The molecule has 1 saturated carbocycles. The number of carbonyl (C=O) groups excluding carboxylic acids is 1. The van der Waals surface area contributed by atoms with Gasteiger partial charge >= 0.3 is 0 Å². The van der Waals surface area contributed by atoms with Gasteiger partial charge in [0.25, 0.3) is 5.56 Å². The molecule has 0 saturated heterocycles. The van der Waals surface area contributed by atoms with Gasteiger partial charge in [0.15, 0.2) is 0 Å². The summed E-state index contributed by atoms with van der Waals surface area (Å²) in [6, 6.07) is 6.46. The molecule has 0 radical (unpaired) electrons. The standard InChI is InChI=1S/C22H25N3O2S/c1-13-8-9-15(10-14(13)2)17-12-28-22-20(17)21(27)24-18(25-22)11-19(26)23-16-6-4-3-5-7-16/h8-10,12,16H,3-7,11H2,1-2H3,(H,23,26)(H,24,25,27). The topological polar surface area (TPSA) is 74.8 Å². The molecule has 6 heteroatoms. The third-order valence-corrected chi connectivity index (χ3v) is 6.48. The molecule has 1 aliphatic rings. The molecule has 1 aromatic carbocycles. The Balaban J connectivity index is 1.58. The van der Waals surface area contributed by atoms with Crippen LogP contribution in [0.3, 0.4) is 0 Å². The van der Waals surface area contributed by atoms with E-state index in [4.69, 9.17) is 0 Å². The number of nitrogens with zero attached hydrogens (tertiary/aromatic N) is 1. The van der Waals surface area contributed by atoms with Crippen molar-refractivity contribution in [2.75, 3.05) is 0 Å². The minimum atomic E-state index is -0.181. The maximum atomic E-state index is 12.8. The second kappa shape index (κ2) is 7.87. The highest BCUT2D eigenvalue weighted by atomic mass is 32.1. The van der Waals surface area contributed by atoms with E-state index >= 15 is 0 Å². The van der Waals surface area contributed by atoms with Crippen molar-refractivity contribution in [1.82, 2.24) is 15.3 Å². The van der Waals surface area contributed by atoms with Gasteiger partial charge in [0.1, 0.15) is 10.7 Å². The molecule has 1 aliphatic carbocycles. The van der Waals surface area contributed by atoms with Gasteiger partial charge in [-0.3, -0.25) is 9.59 Å². The number of aryl methyl sites for hydroxylation is 2. The summed E-state index contributed by atoms with van der Waals surface area (Å²) >= 11 is 1.45. The molecule has 0 atom stereocenters. The Labute approximate surface area is 168 Å². The van der Waals surface area contributed by atoms with E-state index in [1.54, 1.807) is 0 Å². The fraction of sp³-hybridized carbons (Fsp3) is 0.409. The fourth-order valence-electron chi connectivity index (χ4n) is 3.88. The summed E-state index contributed by atoms with van der Waals surface area (Å²) in [5.41, 5.74) is 4.15. The number of carbonyl (C=O) groups is 1. The zero-order chi connectivity index (χ0) is 19.7. The maximum absolute atomic E-state index is 12.8. The van der Waals surface area contributed by atoms with Crippen molar-refractivity contribution in [2.45, 2.75) is 58.4 Å². The molecule has 2 aromatic heterocycles. The Morgan fingerprint density at radius 1 is 1.21 bits per heavy atom. The Hall–Kier alpha value is -2.47. The first-order chi connectivity index (χ1) is 13.5. The highest BCUT2D eigenvalue weighted by Gasteiger charge is 2.18. The molecule has 2 heterocycles. The van der Waals surface area contributed by atoms with Crippen molar-refractivity contribution in [1.29, 1.82) is 0 Å². The van der Waals surface area contributed by atoms with Crippen molar-refractivity contribution in [2.24, 2.45) is 0 Å². The lowest BCUT2D eigenvalue weighted by Crippen LogP contribution is -2.37. The fourth-order valence-corrected chi connectivity index (χ4v) is 4.84. The number of rotatable bonds is 4. The third kappa shape index (κ3) is 3.87. The van der Waals surface area contributed by atoms with Crippen LogP contribution in [0.25, 0.3) is 21.3 Å². The van der Waals surface area contributed by atoms with E-state index < -0.39 is 0 Å². The van der Waals surface area contributed by atoms with E-state index in [0.29, 0.717) is 16.0 Å². The van der Waals surface area contributed by atoms with Gasteiger partial charge in [0.05, 0.1) is 11.8 Å². The third-order valence-electron chi connectivity index (χ3n) is 5.61. The van der Waals surface area contributed by atoms with Crippen LogP contribution in [-0.2, 0) is 11.2 Å². The molecule has 0 unspecified atom stereocenters. The number of hydrogen-bond donors (Lipinski definition) is 2.